The third-order valence-electron chi connectivity index (χ3n) is 5.29. The smallest absolute Gasteiger partial charge is 0.115 e. The van der Waals surface area contributed by atoms with E-state index in [1.807, 2.05) is 24.3 Å². The van der Waals surface area contributed by atoms with Gasteiger partial charge in [-0.25, -0.2) is 0 Å². The maximum Gasteiger partial charge on any atom is 0.115 e. The molecule has 2 aromatic rings. The van der Waals surface area contributed by atoms with Gasteiger partial charge in [0, 0.05) is 6.54 Å². The van der Waals surface area contributed by atoms with E-state index in [9.17, 15) is 10.2 Å². The summed E-state index contributed by atoms with van der Waals surface area (Å²) in [7, 11) is 4.26. The number of phenolic OH excluding ortho intramolecular Hbond substituents is 1. The molecule has 1 aliphatic rings. The van der Waals surface area contributed by atoms with Gasteiger partial charge in [0.05, 0.1) is 6.61 Å². The average Bonchev–Trinajstić information content (AvgIpc) is 2.63. The van der Waals surface area contributed by atoms with Crippen LogP contribution < -0.4 is 0 Å². The average molecular weight is 351 g/mol. The van der Waals surface area contributed by atoms with Gasteiger partial charge in [-0.2, -0.15) is 0 Å². The molecule has 3 rings (SSSR count). The predicted octanol–water partition coefficient (Wildman–Crippen LogP) is 4.41. The van der Waals surface area contributed by atoms with Crippen molar-refractivity contribution in [2.75, 3.05) is 20.6 Å². The standard InChI is InChI=1S/C23H29NO2/c1-24(2)15-21-10-9-18(11-17-5-3-6-19(12-17)16-25)13-23(21)20-7-4-8-22(26)14-20/h3-8,11-12,14,21,23,25-26H,9-10,13,15-16H2,1-2H3/b18-11+/t21-,23-/m0/s1. The minimum absolute atomic E-state index is 0.0772. The monoisotopic (exact) mass is 351 g/mol. The van der Waals surface area contributed by atoms with Crippen molar-refractivity contribution in [3.8, 4) is 5.75 Å². The van der Waals surface area contributed by atoms with Gasteiger partial charge in [-0.1, -0.05) is 42.0 Å². The predicted molar refractivity (Wildman–Crippen MR) is 107 cm³/mol. The van der Waals surface area contributed by atoms with Crippen molar-refractivity contribution in [2.45, 2.75) is 31.8 Å². The third kappa shape index (κ3) is 4.75. The summed E-state index contributed by atoms with van der Waals surface area (Å²) < 4.78 is 0. The van der Waals surface area contributed by atoms with E-state index in [0.717, 1.165) is 36.9 Å². The summed E-state index contributed by atoms with van der Waals surface area (Å²) in [5, 5.41) is 19.3. The van der Waals surface area contributed by atoms with Crippen LogP contribution in [0.4, 0.5) is 0 Å². The van der Waals surface area contributed by atoms with Crippen LogP contribution in [0.15, 0.2) is 54.1 Å². The Morgan fingerprint density at radius 2 is 1.92 bits per heavy atom. The van der Waals surface area contributed by atoms with Crippen LogP contribution in [0.1, 0.15) is 41.9 Å². The molecule has 1 fully saturated rings. The van der Waals surface area contributed by atoms with Gasteiger partial charge in [0.1, 0.15) is 5.75 Å². The quantitative estimate of drug-likeness (QED) is 0.838. The summed E-state index contributed by atoms with van der Waals surface area (Å²) in [6.45, 7) is 1.14. The lowest BCUT2D eigenvalue weighted by molar-refractivity contribution is 0.256. The Morgan fingerprint density at radius 1 is 1.12 bits per heavy atom. The second-order valence-electron chi connectivity index (χ2n) is 7.67. The Labute approximate surface area is 156 Å². The highest BCUT2D eigenvalue weighted by Gasteiger charge is 2.29. The number of allylic oxidation sites excluding steroid dienone is 1. The van der Waals surface area contributed by atoms with Crippen LogP contribution in [0.3, 0.4) is 0 Å². The lowest BCUT2D eigenvalue weighted by Crippen LogP contribution is -2.29. The minimum Gasteiger partial charge on any atom is -0.508 e. The van der Waals surface area contributed by atoms with Crippen LogP contribution >= 0.6 is 0 Å². The molecule has 3 nitrogen and oxygen atoms in total. The first-order valence-corrected chi connectivity index (χ1v) is 9.38. The SMILES string of the molecule is CN(C)C[C@@H]1CC/C(=C\c2cccc(CO)c2)C[C@H]1c1cccc(O)c1. The van der Waals surface area contributed by atoms with E-state index in [1.165, 1.54) is 11.1 Å². The molecular weight excluding hydrogens is 322 g/mol. The molecule has 2 aromatic carbocycles. The normalized spacial score (nSPS) is 22.1. The molecule has 2 atom stereocenters. The van der Waals surface area contributed by atoms with Gasteiger partial charge < -0.3 is 15.1 Å². The van der Waals surface area contributed by atoms with E-state index in [1.54, 1.807) is 6.07 Å². The summed E-state index contributed by atoms with van der Waals surface area (Å²) in [4.78, 5) is 2.26. The molecule has 0 bridgehead atoms. The van der Waals surface area contributed by atoms with E-state index < -0.39 is 0 Å². The van der Waals surface area contributed by atoms with Crippen LogP contribution in [0.5, 0.6) is 5.75 Å². The molecule has 0 aromatic heterocycles. The van der Waals surface area contributed by atoms with Gasteiger partial charge in [0.25, 0.3) is 0 Å². The van der Waals surface area contributed by atoms with Crippen molar-refractivity contribution in [1.82, 2.24) is 4.90 Å². The number of rotatable bonds is 5. The molecule has 0 spiro atoms. The van der Waals surface area contributed by atoms with Crippen molar-refractivity contribution in [2.24, 2.45) is 5.92 Å². The molecule has 0 aliphatic heterocycles. The zero-order valence-corrected chi connectivity index (χ0v) is 15.7. The zero-order valence-electron chi connectivity index (χ0n) is 15.7. The van der Waals surface area contributed by atoms with Crippen LogP contribution in [0.2, 0.25) is 0 Å². The van der Waals surface area contributed by atoms with E-state index in [-0.39, 0.29) is 6.61 Å². The Hall–Kier alpha value is -2.10. The van der Waals surface area contributed by atoms with Crippen molar-refractivity contribution in [3.63, 3.8) is 0 Å². The van der Waals surface area contributed by atoms with Crippen molar-refractivity contribution >= 4 is 6.08 Å². The molecule has 1 saturated carbocycles. The zero-order chi connectivity index (χ0) is 18.5. The number of hydrogen-bond donors (Lipinski definition) is 2. The lowest BCUT2D eigenvalue weighted by Gasteiger charge is -2.35. The van der Waals surface area contributed by atoms with E-state index >= 15 is 0 Å². The number of phenols is 1. The molecular formula is C23H29NO2. The molecule has 1 aliphatic carbocycles. The van der Waals surface area contributed by atoms with E-state index in [0.29, 0.717) is 17.6 Å². The highest BCUT2D eigenvalue weighted by atomic mass is 16.3. The molecule has 0 unspecified atom stereocenters. The fourth-order valence-electron chi connectivity index (χ4n) is 4.10. The Bertz CT molecular complexity index is 766. The fraction of sp³-hybridized carbons (Fsp3) is 0.391. The molecule has 0 amide bonds. The largest absolute Gasteiger partial charge is 0.508 e. The van der Waals surface area contributed by atoms with Gasteiger partial charge in [0.2, 0.25) is 0 Å². The summed E-state index contributed by atoms with van der Waals surface area (Å²) in [6.07, 6.45) is 5.56. The molecule has 0 radical (unpaired) electrons. The van der Waals surface area contributed by atoms with Crippen LogP contribution in [-0.2, 0) is 6.61 Å². The number of benzene rings is 2. The number of hydrogen-bond acceptors (Lipinski definition) is 3. The van der Waals surface area contributed by atoms with Crippen LogP contribution in [0.25, 0.3) is 6.08 Å². The third-order valence-corrected chi connectivity index (χ3v) is 5.29. The molecule has 0 saturated heterocycles. The first kappa shape index (κ1) is 18.7. The molecule has 138 valence electrons. The second-order valence-corrected chi connectivity index (χ2v) is 7.67. The van der Waals surface area contributed by atoms with Crippen LogP contribution in [0, 0.1) is 5.92 Å². The van der Waals surface area contributed by atoms with Crippen LogP contribution in [-0.4, -0.2) is 35.8 Å². The lowest BCUT2D eigenvalue weighted by atomic mass is 9.73. The summed E-state index contributed by atoms with van der Waals surface area (Å²) >= 11 is 0. The second kappa shape index (κ2) is 8.52. The topological polar surface area (TPSA) is 43.7 Å². The van der Waals surface area contributed by atoms with Crippen molar-refractivity contribution < 1.29 is 10.2 Å². The Morgan fingerprint density at radius 3 is 2.65 bits per heavy atom. The Kier molecular flexibility index (Phi) is 6.12. The van der Waals surface area contributed by atoms with Crippen molar-refractivity contribution in [3.05, 3.63) is 70.8 Å². The fourth-order valence-corrected chi connectivity index (χ4v) is 4.10. The maximum atomic E-state index is 9.92. The number of aliphatic hydroxyl groups is 1. The molecule has 0 heterocycles. The van der Waals surface area contributed by atoms with E-state index in [2.05, 4.69) is 43.3 Å². The highest BCUT2D eigenvalue weighted by Crippen LogP contribution is 2.42. The maximum absolute atomic E-state index is 9.92. The molecule has 26 heavy (non-hydrogen) atoms. The van der Waals surface area contributed by atoms with Gasteiger partial charge in [-0.15, -0.1) is 0 Å². The first-order valence-electron chi connectivity index (χ1n) is 9.38. The van der Waals surface area contributed by atoms with E-state index in [4.69, 9.17) is 0 Å². The minimum atomic E-state index is 0.0772. The molecule has 3 heteroatoms. The van der Waals surface area contributed by atoms with Crippen molar-refractivity contribution in [1.29, 1.82) is 0 Å². The Balaban J connectivity index is 1.86. The number of aliphatic hydroxyl groups excluding tert-OH is 1. The van der Waals surface area contributed by atoms with Gasteiger partial charge in [-0.3, -0.25) is 0 Å². The summed E-state index contributed by atoms with van der Waals surface area (Å²) in [5.74, 6) is 1.36. The number of aromatic hydroxyl groups is 1. The summed E-state index contributed by atoms with van der Waals surface area (Å²) in [6, 6.07) is 15.9. The first-order chi connectivity index (χ1) is 12.5. The van der Waals surface area contributed by atoms with Gasteiger partial charge in [-0.05, 0) is 80.1 Å². The van der Waals surface area contributed by atoms with Gasteiger partial charge in [0.15, 0.2) is 0 Å². The summed E-state index contributed by atoms with van der Waals surface area (Å²) in [5.41, 5.74) is 4.78. The molecule has 2 N–H and O–H groups in total. The highest BCUT2D eigenvalue weighted by molar-refractivity contribution is 5.54. The number of nitrogens with zero attached hydrogens (tertiary/aromatic N) is 1. The van der Waals surface area contributed by atoms with Gasteiger partial charge >= 0.3 is 0 Å².